The molecule has 0 aliphatic carbocycles. The maximum Gasteiger partial charge on any atom is 0.264 e. The van der Waals surface area contributed by atoms with Gasteiger partial charge in [-0.3, -0.25) is 4.72 Å². The van der Waals surface area contributed by atoms with Crippen molar-refractivity contribution in [2.45, 2.75) is 32.6 Å². The highest BCUT2D eigenvalue weighted by Gasteiger charge is 2.30. The Balaban J connectivity index is 2.17. The highest BCUT2D eigenvalue weighted by molar-refractivity contribution is 9.10. The molecule has 7 nitrogen and oxygen atoms in total. The summed E-state index contributed by atoms with van der Waals surface area (Å²) < 4.78 is 37.3. The molecule has 0 spiro atoms. The van der Waals surface area contributed by atoms with Crippen LogP contribution in [0.1, 0.15) is 22.8 Å². The molecule has 9 heteroatoms. The van der Waals surface area contributed by atoms with E-state index in [2.05, 4.69) is 30.8 Å². The molecule has 3 aromatic rings. The number of aryl methyl sites for hydroxylation is 2. The molecule has 26 heavy (non-hydrogen) atoms. The minimum absolute atomic E-state index is 0.142. The van der Waals surface area contributed by atoms with E-state index in [1.165, 1.54) is 0 Å². The Morgan fingerprint density at radius 3 is 2.38 bits per heavy atom. The Hall–Kier alpha value is -2.13. The molecule has 0 fully saturated rings. The molecule has 0 aliphatic heterocycles. The number of hydrogen-bond acceptors (Lipinski definition) is 5. The van der Waals surface area contributed by atoms with Crippen LogP contribution in [0.4, 0.5) is 5.69 Å². The zero-order valence-electron chi connectivity index (χ0n) is 15.1. The Bertz CT molecular complexity index is 1100. The van der Waals surface area contributed by atoms with Gasteiger partial charge < -0.3 is 8.98 Å². The number of aromatic nitrogens is 3. The van der Waals surface area contributed by atoms with Gasteiger partial charge in [0, 0.05) is 29.8 Å². The summed E-state index contributed by atoms with van der Waals surface area (Å²) >= 11 is 3.38. The van der Waals surface area contributed by atoms with Crippen LogP contribution in [0.15, 0.2) is 32.0 Å². The van der Waals surface area contributed by atoms with Gasteiger partial charge in [-0.2, -0.15) is 0 Å². The van der Waals surface area contributed by atoms with E-state index >= 15 is 0 Å². The van der Waals surface area contributed by atoms with Crippen molar-refractivity contribution in [2.75, 3.05) is 4.72 Å². The van der Waals surface area contributed by atoms with Gasteiger partial charge >= 0.3 is 0 Å². The van der Waals surface area contributed by atoms with E-state index in [1.54, 1.807) is 37.6 Å². The molecule has 0 unspecified atom stereocenters. The summed E-state index contributed by atoms with van der Waals surface area (Å²) in [5.41, 5.74) is 3.08. The number of benzene rings is 1. The predicted octanol–water partition coefficient (Wildman–Crippen LogP) is 3.87. The highest BCUT2D eigenvalue weighted by Crippen LogP contribution is 2.35. The van der Waals surface area contributed by atoms with Crippen LogP contribution in [-0.4, -0.2) is 23.2 Å². The zero-order chi connectivity index (χ0) is 19.2. The average Bonchev–Trinajstić information content (AvgIpc) is 3.07. The lowest BCUT2D eigenvalue weighted by Crippen LogP contribution is -2.15. The third kappa shape index (κ3) is 3.16. The monoisotopic (exact) mass is 438 g/mol. The molecule has 2 heterocycles. The van der Waals surface area contributed by atoms with E-state index in [4.69, 9.17) is 4.42 Å². The van der Waals surface area contributed by atoms with Gasteiger partial charge in [0.15, 0.2) is 0 Å². The van der Waals surface area contributed by atoms with Gasteiger partial charge in [0.05, 0.1) is 11.3 Å². The highest BCUT2D eigenvalue weighted by atomic mass is 79.9. The normalized spacial score (nSPS) is 11.8. The van der Waals surface area contributed by atoms with Crippen molar-refractivity contribution >= 4 is 31.6 Å². The van der Waals surface area contributed by atoms with Crippen molar-refractivity contribution in [1.82, 2.24) is 14.8 Å². The Labute approximate surface area is 160 Å². The molecule has 0 bridgehead atoms. The number of halogens is 1. The molecule has 0 amide bonds. The van der Waals surface area contributed by atoms with E-state index < -0.39 is 10.0 Å². The van der Waals surface area contributed by atoms with Gasteiger partial charge in [-0.25, -0.2) is 8.42 Å². The molecule has 3 rings (SSSR count). The summed E-state index contributed by atoms with van der Waals surface area (Å²) in [6.45, 7) is 7.09. The third-order valence-corrected chi connectivity index (χ3v) is 6.38. The maximum absolute atomic E-state index is 13.2. The number of sulfonamides is 1. The summed E-state index contributed by atoms with van der Waals surface area (Å²) in [6.07, 6.45) is 0. The van der Waals surface area contributed by atoms with Crippen molar-refractivity contribution < 1.29 is 12.8 Å². The first kappa shape index (κ1) is 18.7. The topological polar surface area (TPSA) is 90.0 Å². The largest absolute Gasteiger partial charge is 0.421 e. The fraction of sp³-hybridized carbons (Fsp3) is 0.294. The SMILES string of the molecule is Cc1nnc(-c2c(S(=O)(=O)Nc3ccc(Br)cc3C)c(C)n(C)c2C)o1. The summed E-state index contributed by atoms with van der Waals surface area (Å²) in [4.78, 5) is 0.142. The quantitative estimate of drug-likeness (QED) is 0.667. The van der Waals surface area contributed by atoms with Gasteiger partial charge in [0.2, 0.25) is 5.89 Å². The third-order valence-electron chi connectivity index (χ3n) is 4.37. The van der Waals surface area contributed by atoms with Crippen molar-refractivity contribution in [3.63, 3.8) is 0 Å². The summed E-state index contributed by atoms with van der Waals surface area (Å²) in [5.74, 6) is 0.567. The lowest BCUT2D eigenvalue weighted by atomic mass is 10.2. The van der Waals surface area contributed by atoms with Gasteiger partial charge in [0.1, 0.15) is 4.90 Å². The minimum atomic E-state index is -3.86. The van der Waals surface area contributed by atoms with Gasteiger partial charge in [0.25, 0.3) is 15.9 Å². The van der Waals surface area contributed by atoms with Crippen LogP contribution in [0.5, 0.6) is 0 Å². The van der Waals surface area contributed by atoms with Crippen LogP contribution in [0.3, 0.4) is 0 Å². The Kier molecular flexibility index (Phi) is 4.70. The molecular formula is C17H19BrN4O3S. The molecule has 0 radical (unpaired) electrons. The van der Waals surface area contributed by atoms with Crippen molar-refractivity contribution in [3.8, 4) is 11.5 Å². The molecule has 1 aromatic carbocycles. The van der Waals surface area contributed by atoms with Crippen molar-refractivity contribution in [3.05, 3.63) is 45.5 Å². The van der Waals surface area contributed by atoms with Crippen LogP contribution in [-0.2, 0) is 17.1 Å². The summed E-state index contributed by atoms with van der Waals surface area (Å²) in [5, 5.41) is 7.84. The summed E-state index contributed by atoms with van der Waals surface area (Å²) in [7, 11) is -2.06. The van der Waals surface area contributed by atoms with Crippen LogP contribution in [0.2, 0.25) is 0 Å². The first-order valence-electron chi connectivity index (χ1n) is 7.87. The van der Waals surface area contributed by atoms with E-state index in [0.29, 0.717) is 22.8 Å². The van der Waals surface area contributed by atoms with Crippen LogP contribution in [0, 0.1) is 27.7 Å². The smallest absolute Gasteiger partial charge is 0.264 e. The number of rotatable bonds is 4. The first-order valence-corrected chi connectivity index (χ1v) is 10.1. The number of nitrogens with one attached hydrogen (secondary N) is 1. The lowest BCUT2D eigenvalue weighted by Gasteiger charge is -2.12. The van der Waals surface area contributed by atoms with Gasteiger partial charge in [-0.1, -0.05) is 15.9 Å². The fourth-order valence-electron chi connectivity index (χ4n) is 2.83. The van der Waals surface area contributed by atoms with Gasteiger partial charge in [-0.05, 0) is 44.5 Å². The lowest BCUT2D eigenvalue weighted by molar-refractivity contribution is 0.530. The molecule has 0 saturated heterocycles. The standard InChI is InChI=1S/C17H19BrN4O3S/c1-9-8-13(18)6-7-14(9)21-26(23,24)16-11(3)22(5)10(2)15(16)17-20-19-12(4)25-17/h6-8,21H,1-5H3. The van der Waals surface area contributed by atoms with Gasteiger partial charge in [-0.15, -0.1) is 10.2 Å². The maximum atomic E-state index is 13.2. The number of hydrogen-bond donors (Lipinski definition) is 1. The van der Waals surface area contributed by atoms with E-state index in [9.17, 15) is 8.42 Å². The number of nitrogens with zero attached hydrogens (tertiary/aromatic N) is 3. The second-order valence-electron chi connectivity index (χ2n) is 6.12. The van der Waals surface area contributed by atoms with Crippen LogP contribution >= 0.6 is 15.9 Å². The zero-order valence-corrected chi connectivity index (χ0v) is 17.5. The van der Waals surface area contributed by atoms with E-state index in [0.717, 1.165) is 15.7 Å². The molecule has 138 valence electrons. The fourth-order valence-corrected chi connectivity index (χ4v) is 4.96. The Morgan fingerprint density at radius 1 is 1.12 bits per heavy atom. The minimum Gasteiger partial charge on any atom is -0.421 e. The van der Waals surface area contributed by atoms with Crippen molar-refractivity contribution in [2.24, 2.45) is 7.05 Å². The number of anilines is 1. The summed E-state index contributed by atoms with van der Waals surface area (Å²) in [6, 6.07) is 5.36. The molecule has 0 saturated carbocycles. The van der Waals surface area contributed by atoms with Crippen LogP contribution in [0.25, 0.3) is 11.5 Å². The average molecular weight is 439 g/mol. The van der Waals surface area contributed by atoms with E-state index in [-0.39, 0.29) is 10.8 Å². The molecule has 0 atom stereocenters. The molecule has 0 aliphatic rings. The Morgan fingerprint density at radius 2 is 1.81 bits per heavy atom. The van der Waals surface area contributed by atoms with Crippen molar-refractivity contribution in [1.29, 1.82) is 0 Å². The van der Waals surface area contributed by atoms with Crippen LogP contribution < -0.4 is 4.72 Å². The molecular weight excluding hydrogens is 420 g/mol. The second-order valence-corrected chi connectivity index (χ2v) is 8.66. The first-order chi connectivity index (χ1) is 12.1. The van der Waals surface area contributed by atoms with E-state index in [1.807, 2.05) is 19.9 Å². The predicted molar refractivity (Wildman–Crippen MR) is 103 cm³/mol. The molecule has 2 aromatic heterocycles. The molecule has 1 N–H and O–H groups in total. The second kappa shape index (κ2) is 6.55.